The van der Waals surface area contributed by atoms with Crippen LogP contribution in [0.2, 0.25) is 0 Å². The zero-order chi connectivity index (χ0) is 13.2. The van der Waals surface area contributed by atoms with Gasteiger partial charge in [-0.2, -0.15) is 0 Å². The van der Waals surface area contributed by atoms with Crippen molar-refractivity contribution in [1.29, 1.82) is 0 Å². The van der Waals surface area contributed by atoms with E-state index in [9.17, 15) is 0 Å². The molecule has 3 heteroatoms. The van der Waals surface area contributed by atoms with Gasteiger partial charge in [0.1, 0.15) is 5.75 Å². The van der Waals surface area contributed by atoms with Gasteiger partial charge < -0.3 is 15.0 Å². The van der Waals surface area contributed by atoms with Crippen molar-refractivity contribution >= 4 is 5.69 Å². The minimum absolute atomic E-state index is 0.187. The summed E-state index contributed by atoms with van der Waals surface area (Å²) in [4.78, 5) is 2.50. The molecule has 1 fully saturated rings. The summed E-state index contributed by atoms with van der Waals surface area (Å²) in [5, 5.41) is 3.56. The van der Waals surface area contributed by atoms with Crippen LogP contribution in [-0.2, 0) is 0 Å². The van der Waals surface area contributed by atoms with E-state index in [4.69, 9.17) is 4.74 Å². The average Bonchev–Trinajstić information content (AvgIpc) is 2.48. The molecule has 1 aliphatic heterocycles. The van der Waals surface area contributed by atoms with E-state index >= 15 is 0 Å². The van der Waals surface area contributed by atoms with Crippen molar-refractivity contribution in [1.82, 2.24) is 5.32 Å². The van der Waals surface area contributed by atoms with E-state index < -0.39 is 0 Å². The second-order valence-corrected chi connectivity index (χ2v) is 5.73. The lowest BCUT2D eigenvalue weighted by molar-refractivity contribution is 0.414. The standard InChI is InChI=1S/C15H24N2O/c1-12-11-17(15(2,3)9-10-16-12)13-5-7-14(18-4)8-6-13/h5-8,12,16H,9-11H2,1-4H3. The Morgan fingerprint density at radius 2 is 1.94 bits per heavy atom. The second-order valence-electron chi connectivity index (χ2n) is 5.73. The lowest BCUT2D eigenvalue weighted by Gasteiger charge is -2.39. The van der Waals surface area contributed by atoms with Gasteiger partial charge in [0.15, 0.2) is 0 Å². The maximum atomic E-state index is 5.22. The Kier molecular flexibility index (Phi) is 3.81. The monoisotopic (exact) mass is 248 g/mol. The SMILES string of the molecule is COc1ccc(N2CC(C)NCCC2(C)C)cc1. The Hall–Kier alpha value is -1.22. The molecule has 0 saturated carbocycles. The molecule has 1 aromatic rings. The maximum Gasteiger partial charge on any atom is 0.119 e. The molecule has 0 aromatic heterocycles. The zero-order valence-corrected chi connectivity index (χ0v) is 11.9. The average molecular weight is 248 g/mol. The molecule has 1 unspecified atom stereocenters. The number of methoxy groups -OCH3 is 1. The number of nitrogens with one attached hydrogen (secondary N) is 1. The van der Waals surface area contributed by atoms with Crippen molar-refractivity contribution in [3.63, 3.8) is 0 Å². The van der Waals surface area contributed by atoms with Gasteiger partial charge >= 0.3 is 0 Å². The summed E-state index contributed by atoms with van der Waals surface area (Å²) in [7, 11) is 1.71. The fraction of sp³-hybridized carbons (Fsp3) is 0.600. The summed E-state index contributed by atoms with van der Waals surface area (Å²) in [5.41, 5.74) is 1.46. The van der Waals surface area contributed by atoms with E-state index in [1.807, 2.05) is 12.1 Å². The minimum atomic E-state index is 0.187. The van der Waals surface area contributed by atoms with E-state index in [0.29, 0.717) is 6.04 Å². The number of ether oxygens (including phenoxy) is 1. The first-order valence-electron chi connectivity index (χ1n) is 6.68. The van der Waals surface area contributed by atoms with Gasteiger partial charge in [0, 0.05) is 23.8 Å². The quantitative estimate of drug-likeness (QED) is 0.871. The normalized spacial score (nSPS) is 23.6. The molecule has 0 amide bonds. The molecule has 1 saturated heterocycles. The van der Waals surface area contributed by atoms with Crippen LogP contribution < -0.4 is 15.0 Å². The van der Waals surface area contributed by atoms with E-state index in [0.717, 1.165) is 25.3 Å². The Labute approximate surface area is 110 Å². The molecule has 0 aliphatic carbocycles. The number of hydrogen-bond donors (Lipinski definition) is 1. The summed E-state index contributed by atoms with van der Waals surface area (Å²) < 4.78 is 5.22. The number of hydrogen-bond acceptors (Lipinski definition) is 3. The Bertz CT molecular complexity index is 386. The molecule has 1 N–H and O–H groups in total. The molecular weight excluding hydrogens is 224 g/mol. The van der Waals surface area contributed by atoms with Crippen molar-refractivity contribution in [2.75, 3.05) is 25.1 Å². The summed E-state index contributed by atoms with van der Waals surface area (Å²) in [6, 6.07) is 8.90. The highest BCUT2D eigenvalue weighted by Crippen LogP contribution is 2.29. The minimum Gasteiger partial charge on any atom is -0.497 e. The third-order valence-electron chi connectivity index (χ3n) is 3.80. The molecule has 100 valence electrons. The highest BCUT2D eigenvalue weighted by atomic mass is 16.5. The van der Waals surface area contributed by atoms with Crippen molar-refractivity contribution in [3.05, 3.63) is 24.3 Å². The smallest absolute Gasteiger partial charge is 0.119 e. The zero-order valence-electron chi connectivity index (χ0n) is 11.9. The maximum absolute atomic E-state index is 5.22. The summed E-state index contributed by atoms with van der Waals surface area (Å²) >= 11 is 0. The third-order valence-corrected chi connectivity index (χ3v) is 3.80. The lowest BCUT2D eigenvalue weighted by atomic mass is 9.97. The van der Waals surface area contributed by atoms with Crippen LogP contribution in [0, 0.1) is 0 Å². The van der Waals surface area contributed by atoms with Gasteiger partial charge in [-0.05, 0) is 58.0 Å². The van der Waals surface area contributed by atoms with Crippen LogP contribution in [-0.4, -0.2) is 31.8 Å². The van der Waals surface area contributed by atoms with Crippen LogP contribution in [0.3, 0.4) is 0 Å². The van der Waals surface area contributed by atoms with Gasteiger partial charge in [0.05, 0.1) is 7.11 Å². The topological polar surface area (TPSA) is 24.5 Å². The van der Waals surface area contributed by atoms with E-state index in [1.165, 1.54) is 5.69 Å². The Morgan fingerprint density at radius 1 is 1.28 bits per heavy atom. The number of anilines is 1. The van der Waals surface area contributed by atoms with Gasteiger partial charge in [-0.25, -0.2) is 0 Å². The van der Waals surface area contributed by atoms with Crippen LogP contribution in [0.15, 0.2) is 24.3 Å². The highest BCUT2D eigenvalue weighted by Gasteiger charge is 2.30. The molecule has 2 rings (SSSR count). The molecule has 18 heavy (non-hydrogen) atoms. The number of nitrogens with zero attached hydrogens (tertiary/aromatic N) is 1. The molecule has 3 nitrogen and oxygen atoms in total. The van der Waals surface area contributed by atoms with Crippen molar-refractivity contribution < 1.29 is 4.74 Å². The predicted molar refractivity (Wildman–Crippen MR) is 76.5 cm³/mol. The lowest BCUT2D eigenvalue weighted by Crippen LogP contribution is -2.46. The molecule has 1 atom stereocenters. The van der Waals surface area contributed by atoms with Gasteiger partial charge in [-0.15, -0.1) is 0 Å². The van der Waals surface area contributed by atoms with Crippen LogP contribution in [0.25, 0.3) is 0 Å². The molecule has 0 bridgehead atoms. The van der Waals surface area contributed by atoms with Gasteiger partial charge in [0.2, 0.25) is 0 Å². The second kappa shape index (κ2) is 5.19. The fourth-order valence-electron chi connectivity index (χ4n) is 2.56. The molecule has 1 aliphatic rings. The van der Waals surface area contributed by atoms with E-state index in [-0.39, 0.29) is 5.54 Å². The van der Waals surface area contributed by atoms with Crippen molar-refractivity contribution in [2.45, 2.75) is 38.8 Å². The third kappa shape index (κ3) is 2.78. The molecule has 0 spiro atoms. The van der Waals surface area contributed by atoms with Crippen LogP contribution >= 0.6 is 0 Å². The van der Waals surface area contributed by atoms with Gasteiger partial charge in [0.25, 0.3) is 0 Å². The number of rotatable bonds is 2. The largest absolute Gasteiger partial charge is 0.497 e. The van der Waals surface area contributed by atoms with Gasteiger partial charge in [-0.1, -0.05) is 0 Å². The Balaban J connectivity index is 2.26. The predicted octanol–water partition coefficient (Wildman–Crippen LogP) is 2.66. The molecular formula is C15H24N2O. The van der Waals surface area contributed by atoms with E-state index in [2.05, 4.69) is 43.1 Å². The summed E-state index contributed by atoms with van der Waals surface area (Å²) in [5.74, 6) is 0.914. The highest BCUT2D eigenvalue weighted by molar-refractivity contribution is 5.51. The van der Waals surface area contributed by atoms with Crippen molar-refractivity contribution in [2.24, 2.45) is 0 Å². The molecule has 1 aromatic carbocycles. The van der Waals surface area contributed by atoms with Gasteiger partial charge in [-0.3, -0.25) is 0 Å². The van der Waals surface area contributed by atoms with Crippen LogP contribution in [0.1, 0.15) is 27.2 Å². The molecule has 0 radical (unpaired) electrons. The molecule has 1 heterocycles. The first-order chi connectivity index (χ1) is 8.53. The van der Waals surface area contributed by atoms with Crippen LogP contribution in [0.5, 0.6) is 5.75 Å². The first kappa shape index (κ1) is 13.2. The summed E-state index contributed by atoms with van der Waals surface area (Å²) in [6.45, 7) is 9.01. The fourth-order valence-corrected chi connectivity index (χ4v) is 2.56. The van der Waals surface area contributed by atoms with Crippen molar-refractivity contribution in [3.8, 4) is 5.75 Å². The summed E-state index contributed by atoms with van der Waals surface area (Å²) in [6.07, 6.45) is 1.16. The number of benzene rings is 1. The van der Waals surface area contributed by atoms with Crippen LogP contribution in [0.4, 0.5) is 5.69 Å². The Morgan fingerprint density at radius 3 is 2.56 bits per heavy atom. The first-order valence-corrected chi connectivity index (χ1v) is 6.68. The van der Waals surface area contributed by atoms with E-state index in [1.54, 1.807) is 7.11 Å².